The summed E-state index contributed by atoms with van der Waals surface area (Å²) in [5.74, 6) is -0.677. The summed E-state index contributed by atoms with van der Waals surface area (Å²) in [5.41, 5.74) is 3.08. The minimum absolute atomic E-state index is 0.172. The first kappa shape index (κ1) is 19.4. The van der Waals surface area contributed by atoms with Crippen molar-refractivity contribution in [3.63, 3.8) is 0 Å². The fourth-order valence-corrected chi connectivity index (χ4v) is 4.06. The number of halogens is 2. The number of aromatic hydroxyl groups is 1. The van der Waals surface area contributed by atoms with E-state index in [-0.39, 0.29) is 11.7 Å². The second-order valence-electron chi connectivity index (χ2n) is 7.36. The zero-order valence-corrected chi connectivity index (χ0v) is 16.2. The molecule has 152 valence electrons. The van der Waals surface area contributed by atoms with Gasteiger partial charge in [0.1, 0.15) is 11.5 Å². The summed E-state index contributed by atoms with van der Waals surface area (Å²) in [7, 11) is 1.59. The second-order valence-corrected chi connectivity index (χ2v) is 7.36. The van der Waals surface area contributed by atoms with Gasteiger partial charge in [0.25, 0.3) is 0 Å². The maximum atomic E-state index is 13.7. The number of hydrogen-bond donors (Lipinski definition) is 2. The van der Waals surface area contributed by atoms with Gasteiger partial charge >= 0.3 is 0 Å². The minimum atomic E-state index is -0.869. The van der Waals surface area contributed by atoms with Gasteiger partial charge in [-0.1, -0.05) is 12.1 Å². The van der Waals surface area contributed by atoms with Crippen LogP contribution in [0.25, 0.3) is 11.1 Å². The summed E-state index contributed by atoms with van der Waals surface area (Å²) >= 11 is 0. The predicted molar refractivity (Wildman–Crippen MR) is 106 cm³/mol. The van der Waals surface area contributed by atoms with Gasteiger partial charge in [0.2, 0.25) is 0 Å². The van der Waals surface area contributed by atoms with Crippen LogP contribution in [0.4, 0.5) is 8.78 Å². The van der Waals surface area contributed by atoms with Gasteiger partial charge in [-0.05, 0) is 49.2 Å². The van der Waals surface area contributed by atoms with Gasteiger partial charge in [0.05, 0.1) is 13.3 Å². The highest BCUT2D eigenvalue weighted by Crippen LogP contribution is 2.35. The summed E-state index contributed by atoms with van der Waals surface area (Å²) < 4.78 is 32.4. The lowest BCUT2D eigenvalue weighted by atomic mass is 9.90. The molecule has 1 saturated heterocycles. The topological polar surface area (TPSA) is 61.4 Å². The third-order valence-electron chi connectivity index (χ3n) is 5.52. The lowest BCUT2D eigenvalue weighted by Gasteiger charge is -2.33. The minimum Gasteiger partial charge on any atom is -0.507 e. The van der Waals surface area contributed by atoms with Crippen molar-refractivity contribution in [2.24, 2.45) is 0 Å². The molecular weight excluding hydrogens is 376 g/mol. The number of phenolic OH excluding ortho intramolecular Hbond substituents is 1. The van der Waals surface area contributed by atoms with Gasteiger partial charge in [-0.15, -0.1) is 0 Å². The monoisotopic (exact) mass is 399 g/mol. The van der Waals surface area contributed by atoms with Gasteiger partial charge in [0, 0.05) is 35.8 Å². The summed E-state index contributed by atoms with van der Waals surface area (Å²) in [6.45, 7) is 2.24. The van der Waals surface area contributed by atoms with Crippen molar-refractivity contribution in [1.82, 2.24) is 15.1 Å². The Morgan fingerprint density at radius 2 is 2.10 bits per heavy atom. The maximum absolute atomic E-state index is 13.7. The fourth-order valence-electron chi connectivity index (χ4n) is 4.06. The largest absolute Gasteiger partial charge is 0.507 e. The van der Waals surface area contributed by atoms with Crippen LogP contribution >= 0.6 is 0 Å². The van der Waals surface area contributed by atoms with Crippen LogP contribution < -0.4 is 4.74 Å². The standard InChI is InChI=1S/C22H23F2N3O2/c1-29-21-6-2-5-20(28)17(21)13-27-9-3-4-15(12-27)22-16(11-25-26-22)14-7-8-18(23)19(24)10-14/h2,5-8,10-11,15,28H,3-4,9,12-13H2,1H3,(H,25,26). The molecule has 1 aliphatic rings. The molecule has 0 spiro atoms. The van der Waals surface area contributed by atoms with E-state index >= 15 is 0 Å². The molecule has 2 N–H and O–H groups in total. The third kappa shape index (κ3) is 3.96. The number of nitrogens with zero attached hydrogens (tertiary/aromatic N) is 2. The number of nitrogens with one attached hydrogen (secondary N) is 1. The molecule has 2 aromatic carbocycles. The zero-order chi connectivity index (χ0) is 20.4. The van der Waals surface area contributed by atoms with Crippen LogP contribution in [0.15, 0.2) is 42.6 Å². The van der Waals surface area contributed by atoms with E-state index in [1.54, 1.807) is 31.5 Å². The van der Waals surface area contributed by atoms with Gasteiger partial charge < -0.3 is 9.84 Å². The molecule has 3 aromatic rings. The Hall–Kier alpha value is -2.93. The van der Waals surface area contributed by atoms with Gasteiger partial charge in [-0.25, -0.2) is 8.78 Å². The maximum Gasteiger partial charge on any atom is 0.159 e. The number of phenols is 1. The van der Waals surface area contributed by atoms with Crippen molar-refractivity contribution < 1.29 is 18.6 Å². The lowest BCUT2D eigenvalue weighted by Crippen LogP contribution is -2.34. The second kappa shape index (κ2) is 8.21. The Morgan fingerprint density at radius 1 is 1.24 bits per heavy atom. The van der Waals surface area contributed by atoms with E-state index in [1.165, 1.54) is 6.07 Å². The molecule has 0 radical (unpaired) electrons. The van der Waals surface area contributed by atoms with E-state index in [2.05, 4.69) is 15.1 Å². The zero-order valence-electron chi connectivity index (χ0n) is 16.2. The molecule has 7 heteroatoms. The molecule has 0 bridgehead atoms. The smallest absolute Gasteiger partial charge is 0.159 e. The number of H-pyrrole nitrogens is 1. The third-order valence-corrected chi connectivity index (χ3v) is 5.52. The average molecular weight is 399 g/mol. The molecule has 5 nitrogen and oxygen atoms in total. The average Bonchev–Trinajstić information content (AvgIpc) is 3.22. The number of piperidine rings is 1. The molecule has 1 fully saturated rings. The molecule has 1 aliphatic heterocycles. The van der Waals surface area contributed by atoms with Crippen molar-refractivity contribution in [3.05, 3.63) is 65.5 Å². The molecule has 0 saturated carbocycles. The molecule has 0 aliphatic carbocycles. The first-order chi connectivity index (χ1) is 14.1. The van der Waals surface area contributed by atoms with E-state index in [9.17, 15) is 13.9 Å². The molecule has 0 amide bonds. The Labute approximate surface area is 167 Å². The highest BCUT2D eigenvalue weighted by atomic mass is 19.2. The normalized spacial score (nSPS) is 17.4. The predicted octanol–water partition coefficient (Wildman–Crippen LogP) is 4.45. The molecule has 29 heavy (non-hydrogen) atoms. The first-order valence-corrected chi connectivity index (χ1v) is 9.62. The molecule has 1 atom stereocenters. The molecule has 1 unspecified atom stereocenters. The number of methoxy groups -OCH3 is 1. The highest BCUT2D eigenvalue weighted by molar-refractivity contribution is 5.66. The fraction of sp³-hybridized carbons (Fsp3) is 0.318. The SMILES string of the molecule is COc1cccc(O)c1CN1CCCC(c2[nH]ncc2-c2ccc(F)c(F)c2)C1. The summed E-state index contributed by atoms with van der Waals surface area (Å²) in [5, 5.41) is 17.5. The van der Waals surface area contributed by atoms with Crippen molar-refractivity contribution in [2.45, 2.75) is 25.3 Å². The van der Waals surface area contributed by atoms with Gasteiger partial charge in [0.15, 0.2) is 11.6 Å². The van der Waals surface area contributed by atoms with Crippen molar-refractivity contribution >= 4 is 0 Å². The number of benzene rings is 2. The van der Waals surface area contributed by atoms with Crippen LogP contribution in [0.3, 0.4) is 0 Å². The summed E-state index contributed by atoms with van der Waals surface area (Å²) in [6.07, 6.45) is 3.61. The number of hydrogen-bond acceptors (Lipinski definition) is 4. The van der Waals surface area contributed by atoms with Crippen LogP contribution in [-0.2, 0) is 6.54 Å². The Balaban J connectivity index is 1.56. The number of ether oxygens (including phenoxy) is 1. The van der Waals surface area contributed by atoms with Crippen LogP contribution in [-0.4, -0.2) is 40.4 Å². The van der Waals surface area contributed by atoms with Crippen molar-refractivity contribution in [3.8, 4) is 22.6 Å². The quantitative estimate of drug-likeness (QED) is 0.666. The number of rotatable bonds is 5. The Morgan fingerprint density at radius 3 is 2.90 bits per heavy atom. The number of likely N-dealkylation sites (tertiary alicyclic amines) is 1. The number of aromatic amines is 1. The van der Waals surface area contributed by atoms with Crippen LogP contribution in [0.5, 0.6) is 11.5 Å². The van der Waals surface area contributed by atoms with E-state index in [0.29, 0.717) is 17.9 Å². The van der Waals surface area contributed by atoms with Gasteiger partial charge in [-0.2, -0.15) is 5.10 Å². The molecule has 4 rings (SSSR count). The van der Waals surface area contributed by atoms with Gasteiger partial charge in [-0.3, -0.25) is 10.00 Å². The highest BCUT2D eigenvalue weighted by Gasteiger charge is 2.26. The summed E-state index contributed by atoms with van der Waals surface area (Å²) in [4.78, 5) is 2.27. The Bertz CT molecular complexity index is 1010. The Kier molecular flexibility index (Phi) is 5.49. The van der Waals surface area contributed by atoms with Crippen LogP contribution in [0, 0.1) is 11.6 Å². The van der Waals surface area contributed by atoms with Crippen LogP contribution in [0.2, 0.25) is 0 Å². The van der Waals surface area contributed by atoms with E-state index < -0.39 is 11.6 Å². The van der Waals surface area contributed by atoms with Crippen molar-refractivity contribution in [2.75, 3.05) is 20.2 Å². The van der Waals surface area contributed by atoms with Crippen LogP contribution in [0.1, 0.15) is 30.0 Å². The van der Waals surface area contributed by atoms with Crippen molar-refractivity contribution in [1.29, 1.82) is 0 Å². The van der Waals surface area contributed by atoms with E-state index in [4.69, 9.17) is 4.74 Å². The van der Waals surface area contributed by atoms with E-state index in [1.807, 2.05) is 6.07 Å². The molecule has 1 aromatic heterocycles. The first-order valence-electron chi connectivity index (χ1n) is 9.62. The van der Waals surface area contributed by atoms with E-state index in [0.717, 1.165) is 48.8 Å². The molecule has 2 heterocycles. The lowest BCUT2D eigenvalue weighted by molar-refractivity contribution is 0.194. The summed E-state index contributed by atoms with van der Waals surface area (Å²) in [6, 6.07) is 9.17. The molecular formula is C22H23F2N3O2. The number of aromatic nitrogens is 2.